The molecule has 1 aromatic heterocycles. The van der Waals surface area contributed by atoms with Gasteiger partial charge in [0, 0.05) is 32.4 Å². The van der Waals surface area contributed by atoms with Crippen LogP contribution in [0.2, 0.25) is 0 Å². The normalized spacial score (nSPS) is 11.1. The van der Waals surface area contributed by atoms with Crippen LogP contribution in [0.15, 0.2) is 18.3 Å². The lowest BCUT2D eigenvalue weighted by molar-refractivity contribution is 0.113. The van der Waals surface area contributed by atoms with Gasteiger partial charge < -0.3 is 10.5 Å². The molecule has 0 aromatic carbocycles. The third kappa shape index (κ3) is 5.26. The summed E-state index contributed by atoms with van der Waals surface area (Å²) in [7, 11) is 0. The van der Waals surface area contributed by atoms with Gasteiger partial charge in [0.2, 0.25) is 0 Å². The fraction of sp³-hybridized carbons (Fsp3) is 0.615. The van der Waals surface area contributed by atoms with Crippen LogP contribution in [0.3, 0.4) is 0 Å². The number of ether oxygens (including phenoxy) is 1. The zero-order chi connectivity index (χ0) is 12.5. The molecule has 0 radical (unpaired) electrons. The molecule has 17 heavy (non-hydrogen) atoms. The molecule has 1 aromatic rings. The highest BCUT2D eigenvalue weighted by atomic mass is 16.5. The van der Waals surface area contributed by atoms with E-state index in [0.29, 0.717) is 6.54 Å². The van der Waals surface area contributed by atoms with Crippen LogP contribution in [0.1, 0.15) is 25.1 Å². The second-order valence-corrected chi connectivity index (χ2v) is 3.93. The minimum Gasteiger partial charge on any atom is -0.380 e. The highest BCUT2D eigenvalue weighted by molar-refractivity contribution is 5.16. The molecular weight excluding hydrogens is 214 g/mol. The van der Waals surface area contributed by atoms with E-state index in [-0.39, 0.29) is 0 Å². The van der Waals surface area contributed by atoms with E-state index >= 15 is 0 Å². The molecule has 0 unspecified atom stereocenters. The van der Waals surface area contributed by atoms with Gasteiger partial charge in [-0.15, -0.1) is 0 Å². The van der Waals surface area contributed by atoms with Crippen molar-refractivity contribution >= 4 is 0 Å². The van der Waals surface area contributed by atoms with Gasteiger partial charge in [-0.05, 0) is 31.2 Å². The third-order valence-corrected chi connectivity index (χ3v) is 2.70. The minimum absolute atomic E-state index is 0.499. The lowest BCUT2D eigenvalue weighted by Gasteiger charge is -2.20. The Morgan fingerprint density at radius 2 is 2.24 bits per heavy atom. The van der Waals surface area contributed by atoms with E-state index in [1.165, 1.54) is 5.56 Å². The minimum atomic E-state index is 0.499. The standard InChI is InChI=1S/C13H23N3O/c1-3-16(7-8-17-4-2)11-12-5-6-15-13(9-12)10-14/h5-6,9H,3-4,7-8,10-11,14H2,1-2H3. The van der Waals surface area contributed by atoms with Crippen molar-refractivity contribution in [1.29, 1.82) is 0 Å². The first-order chi connectivity index (χ1) is 8.30. The first kappa shape index (κ1) is 14.1. The van der Waals surface area contributed by atoms with Gasteiger partial charge in [-0.2, -0.15) is 0 Å². The SMILES string of the molecule is CCOCCN(CC)Cc1ccnc(CN)c1. The molecule has 0 bridgehead atoms. The van der Waals surface area contributed by atoms with Crippen molar-refractivity contribution in [1.82, 2.24) is 9.88 Å². The van der Waals surface area contributed by atoms with Gasteiger partial charge in [0.05, 0.1) is 12.3 Å². The van der Waals surface area contributed by atoms with Crippen LogP contribution in [-0.2, 0) is 17.8 Å². The Balaban J connectivity index is 2.48. The summed E-state index contributed by atoms with van der Waals surface area (Å²) >= 11 is 0. The first-order valence-corrected chi connectivity index (χ1v) is 6.24. The molecule has 4 nitrogen and oxygen atoms in total. The lowest BCUT2D eigenvalue weighted by atomic mass is 10.2. The Labute approximate surface area is 104 Å². The summed E-state index contributed by atoms with van der Waals surface area (Å²) < 4.78 is 5.37. The average molecular weight is 237 g/mol. The highest BCUT2D eigenvalue weighted by Gasteiger charge is 2.04. The summed E-state index contributed by atoms with van der Waals surface area (Å²) in [6.07, 6.45) is 1.83. The van der Waals surface area contributed by atoms with E-state index < -0.39 is 0 Å². The molecule has 0 spiro atoms. The van der Waals surface area contributed by atoms with E-state index in [0.717, 1.165) is 38.5 Å². The van der Waals surface area contributed by atoms with Crippen molar-refractivity contribution < 1.29 is 4.74 Å². The van der Waals surface area contributed by atoms with Crippen LogP contribution in [0, 0.1) is 0 Å². The fourth-order valence-electron chi connectivity index (χ4n) is 1.68. The molecule has 0 aliphatic rings. The van der Waals surface area contributed by atoms with Crippen LogP contribution in [-0.4, -0.2) is 36.2 Å². The number of nitrogens with two attached hydrogens (primary N) is 1. The number of nitrogens with zero attached hydrogens (tertiary/aromatic N) is 2. The number of rotatable bonds is 8. The van der Waals surface area contributed by atoms with Crippen LogP contribution in [0.4, 0.5) is 0 Å². The van der Waals surface area contributed by atoms with Crippen molar-refractivity contribution in [2.24, 2.45) is 5.73 Å². The molecule has 1 heterocycles. The number of likely N-dealkylation sites (N-methyl/N-ethyl adjacent to an activating group) is 1. The average Bonchev–Trinajstić information content (AvgIpc) is 2.38. The number of hydrogen-bond acceptors (Lipinski definition) is 4. The Morgan fingerprint density at radius 3 is 2.88 bits per heavy atom. The van der Waals surface area contributed by atoms with Gasteiger partial charge in [0.25, 0.3) is 0 Å². The van der Waals surface area contributed by atoms with E-state index in [1.807, 2.05) is 19.2 Å². The van der Waals surface area contributed by atoms with Gasteiger partial charge in [0.1, 0.15) is 0 Å². The van der Waals surface area contributed by atoms with E-state index in [9.17, 15) is 0 Å². The van der Waals surface area contributed by atoms with Crippen molar-refractivity contribution in [3.05, 3.63) is 29.6 Å². The molecule has 0 atom stereocenters. The molecule has 0 aliphatic heterocycles. The summed E-state index contributed by atoms with van der Waals surface area (Å²) in [6, 6.07) is 4.12. The second-order valence-electron chi connectivity index (χ2n) is 3.93. The van der Waals surface area contributed by atoms with Crippen LogP contribution >= 0.6 is 0 Å². The Kier molecular flexibility index (Phi) is 6.77. The smallest absolute Gasteiger partial charge is 0.0593 e. The Hall–Kier alpha value is -0.970. The summed E-state index contributed by atoms with van der Waals surface area (Å²) in [5.41, 5.74) is 7.79. The maximum absolute atomic E-state index is 5.58. The first-order valence-electron chi connectivity index (χ1n) is 6.24. The molecule has 96 valence electrons. The van der Waals surface area contributed by atoms with Crippen LogP contribution in [0.25, 0.3) is 0 Å². The van der Waals surface area contributed by atoms with Crippen molar-refractivity contribution in [2.45, 2.75) is 26.9 Å². The molecule has 4 heteroatoms. The van der Waals surface area contributed by atoms with Crippen LogP contribution in [0.5, 0.6) is 0 Å². The zero-order valence-electron chi connectivity index (χ0n) is 10.9. The quantitative estimate of drug-likeness (QED) is 0.694. The maximum Gasteiger partial charge on any atom is 0.0593 e. The predicted molar refractivity (Wildman–Crippen MR) is 69.6 cm³/mol. The van der Waals surface area contributed by atoms with Gasteiger partial charge in [-0.25, -0.2) is 0 Å². The molecule has 0 amide bonds. The van der Waals surface area contributed by atoms with Crippen molar-refractivity contribution in [3.63, 3.8) is 0 Å². The molecule has 0 fully saturated rings. The van der Waals surface area contributed by atoms with Gasteiger partial charge in [0.15, 0.2) is 0 Å². The van der Waals surface area contributed by atoms with E-state index in [1.54, 1.807) is 0 Å². The van der Waals surface area contributed by atoms with Gasteiger partial charge >= 0.3 is 0 Å². The molecular formula is C13H23N3O. The largest absolute Gasteiger partial charge is 0.380 e. The monoisotopic (exact) mass is 237 g/mol. The predicted octanol–water partition coefficient (Wildman–Crippen LogP) is 1.40. The summed E-state index contributed by atoms with van der Waals surface area (Å²) in [5.74, 6) is 0. The molecule has 1 rings (SSSR count). The van der Waals surface area contributed by atoms with Crippen molar-refractivity contribution in [2.75, 3.05) is 26.3 Å². The molecule has 0 saturated heterocycles. The fourth-order valence-corrected chi connectivity index (χ4v) is 1.68. The summed E-state index contributed by atoms with van der Waals surface area (Å²) in [5, 5.41) is 0. The number of pyridine rings is 1. The van der Waals surface area contributed by atoms with E-state index in [4.69, 9.17) is 10.5 Å². The lowest BCUT2D eigenvalue weighted by Crippen LogP contribution is -2.27. The zero-order valence-corrected chi connectivity index (χ0v) is 10.9. The van der Waals surface area contributed by atoms with Crippen molar-refractivity contribution in [3.8, 4) is 0 Å². The summed E-state index contributed by atoms with van der Waals surface area (Å²) in [4.78, 5) is 6.55. The van der Waals surface area contributed by atoms with Gasteiger partial charge in [-0.1, -0.05) is 6.92 Å². The summed E-state index contributed by atoms with van der Waals surface area (Å²) in [6.45, 7) is 9.17. The maximum atomic E-state index is 5.58. The molecule has 2 N–H and O–H groups in total. The van der Waals surface area contributed by atoms with E-state index in [2.05, 4.69) is 22.9 Å². The topological polar surface area (TPSA) is 51.4 Å². The number of hydrogen-bond donors (Lipinski definition) is 1. The van der Waals surface area contributed by atoms with Crippen LogP contribution < -0.4 is 5.73 Å². The number of aromatic nitrogens is 1. The molecule has 0 saturated carbocycles. The second kappa shape index (κ2) is 8.17. The Bertz CT molecular complexity index is 317. The highest BCUT2D eigenvalue weighted by Crippen LogP contribution is 2.05. The van der Waals surface area contributed by atoms with Gasteiger partial charge in [-0.3, -0.25) is 9.88 Å². The third-order valence-electron chi connectivity index (χ3n) is 2.70. The molecule has 0 aliphatic carbocycles. The Morgan fingerprint density at radius 1 is 1.41 bits per heavy atom.